The van der Waals surface area contributed by atoms with Gasteiger partial charge in [-0.25, -0.2) is 18.4 Å². The first-order valence-electron chi connectivity index (χ1n) is 8.59. The fraction of sp³-hybridized carbons (Fsp3) is 0. The van der Waals surface area contributed by atoms with E-state index in [2.05, 4.69) is 35.9 Å². The second-order valence-electron chi connectivity index (χ2n) is 6.22. The molecule has 10 heteroatoms. The van der Waals surface area contributed by atoms with Crippen LogP contribution in [-0.2, 0) is 10.0 Å². The Kier molecular flexibility index (Phi) is 5.84. The lowest BCUT2D eigenvalue weighted by molar-refractivity contribution is 0.601. The van der Waals surface area contributed by atoms with Crippen molar-refractivity contribution < 1.29 is 8.42 Å². The maximum absolute atomic E-state index is 12.9. The zero-order chi connectivity index (χ0) is 21.3. The monoisotopic (exact) mass is 522 g/mol. The molecular formula is C20H13BrCl2N4O2S. The Hall–Kier alpha value is -2.39. The lowest BCUT2D eigenvalue weighted by Crippen LogP contribution is -2.16. The summed E-state index contributed by atoms with van der Waals surface area (Å²) < 4.78 is 29.1. The Morgan fingerprint density at radius 2 is 1.43 bits per heavy atom. The van der Waals surface area contributed by atoms with Crippen molar-refractivity contribution in [2.24, 2.45) is 0 Å². The minimum Gasteiger partial charge on any atom is -0.337 e. The summed E-state index contributed by atoms with van der Waals surface area (Å²) in [6.07, 6.45) is 0. The van der Waals surface area contributed by atoms with Crippen LogP contribution in [0.25, 0.3) is 11.0 Å². The molecule has 30 heavy (non-hydrogen) atoms. The van der Waals surface area contributed by atoms with Crippen molar-refractivity contribution >= 4 is 77.5 Å². The molecule has 0 fully saturated rings. The van der Waals surface area contributed by atoms with Gasteiger partial charge in [-0.15, -0.1) is 0 Å². The third-order valence-corrected chi connectivity index (χ3v) is 6.73. The van der Waals surface area contributed by atoms with Gasteiger partial charge in [0.25, 0.3) is 10.0 Å². The highest BCUT2D eigenvalue weighted by Crippen LogP contribution is 2.30. The summed E-state index contributed by atoms with van der Waals surface area (Å²) in [5.41, 5.74) is 1.73. The van der Waals surface area contributed by atoms with E-state index >= 15 is 0 Å². The van der Waals surface area contributed by atoms with E-state index in [1.807, 2.05) is 6.07 Å². The first-order chi connectivity index (χ1) is 14.3. The van der Waals surface area contributed by atoms with Gasteiger partial charge in [0.1, 0.15) is 0 Å². The first-order valence-corrected chi connectivity index (χ1v) is 11.6. The van der Waals surface area contributed by atoms with Crippen LogP contribution >= 0.6 is 39.1 Å². The van der Waals surface area contributed by atoms with Crippen molar-refractivity contribution in [2.45, 2.75) is 4.90 Å². The number of rotatable bonds is 5. The van der Waals surface area contributed by atoms with Crippen LogP contribution in [0, 0.1) is 0 Å². The number of hydrogen-bond acceptors (Lipinski definition) is 5. The number of hydrogen-bond donors (Lipinski definition) is 2. The Morgan fingerprint density at radius 3 is 2.07 bits per heavy atom. The quantitative estimate of drug-likeness (QED) is 0.323. The lowest BCUT2D eigenvalue weighted by atomic mass is 10.3. The van der Waals surface area contributed by atoms with Crippen molar-refractivity contribution in [1.29, 1.82) is 0 Å². The van der Waals surface area contributed by atoms with Crippen molar-refractivity contribution in [3.63, 3.8) is 0 Å². The summed E-state index contributed by atoms with van der Waals surface area (Å²) >= 11 is 15.4. The predicted octanol–water partition coefficient (Wildman–Crippen LogP) is 6.24. The summed E-state index contributed by atoms with van der Waals surface area (Å²) in [6, 6.07) is 18.4. The van der Waals surface area contributed by atoms with Gasteiger partial charge in [0.15, 0.2) is 11.6 Å². The number of anilines is 3. The van der Waals surface area contributed by atoms with E-state index in [1.54, 1.807) is 48.5 Å². The standard InChI is InChI=1S/C20H13BrCl2N4O2S/c21-12-5-8-14(9-6-12)30(28,29)27-20-19(24-13-7-10-15(22)16(23)11-13)25-17-3-1-2-4-18(17)26-20/h1-11H,(H,24,25)(H,26,27). The van der Waals surface area contributed by atoms with Gasteiger partial charge in [0, 0.05) is 10.2 Å². The van der Waals surface area contributed by atoms with Gasteiger partial charge in [0.2, 0.25) is 0 Å². The first kappa shape index (κ1) is 20.9. The molecule has 0 atom stereocenters. The van der Waals surface area contributed by atoms with Crippen LogP contribution in [0.15, 0.2) is 76.1 Å². The summed E-state index contributed by atoms with van der Waals surface area (Å²) in [4.78, 5) is 9.08. The van der Waals surface area contributed by atoms with E-state index in [0.29, 0.717) is 26.8 Å². The molecule has 0 aliphatic heterocycles. The molecule has 6 nitrogen and oxygen atoms in total. The van der Waals surface area contributed by atoms with E-state index < -0.39 is 10.0 Å². The van der Waals surface area contributed by atoms with E-state index in [4.69, 9.17) is 23.2 Å². The van der Waals surface area contributed by atoms with Gasteiger partial charge in [-0.2, -0.15) is 0 Å². The highest BCUT2D eigenvalue weighted by atomic mass is 79.9. The molecule has 4 aromatic rings. The lowest BCUT2D eigenvalue weighted by Gasteiger charge is -2.14. The van der Waals surface area contributed by atoms with Gasteiger partial charge in [-0.05, 0) is 54.6 Å². The predicted molar refractivity (Wildman–Crippen MR) is 124 cm³/mol. The van der Waals surface area contributed by atoms with Crippen LogP contribution in [0.4, 0.5) is 17.3 Å². The SMILES string of the molecule is O=S(=O)(Nc1nc2ccccc2nc1Nc1ccc(Cl)c(Cl)c1)c1ccc(Br)cc1. The Labute approximate surface area is 191 Å². The normalized spacial score (nSPS) is 11.4. The van der Waals surface area contributed by atoms with E-state index in [0.717, 1.165) is 4.47 Å². The van der Waals surface area contributed by atoms with Crippen LogP contribution < -0.4 is 10.0 Å². The molecule has 0 radical (unpaired) electrons. The number of benzene rings is 3. The number of sulfonamides is 1. The maximum atomic E-state index is 12.9. The molecule has 0 aliphatic rings. The number of nitrogens with one attached hydrogen (secondary N) is 2. The Morgan fingerprint density at radius 1 is 0.800 bits per heavy atom. The maximum Gasteiger partial charge on any atom is 0.263 e. The van der Waals surface area contributed by atoms with Gasteiger partial charge >= 0.3 is 0 Å². The smallest absolute Gasteiger partial charge is 0.263 e. The van der Waals surface area contributed by atoms with E-state index in [-0.39, 0.29) is 16.5 Å². The van der Waals surface area contributed by atoms with Crippen LogP contribution in [0.3, 0.4) is 0 Å². The van der Waals surface area contributed by atoms with Crippen molar-refractivity contribution in [3.05, 3.63) is 81.2 Å². The third-order valence-electron chi connectivity index (χ3n) is 4.11. The minimum atomic E-state index is -3.89. The molecule has 1 aromatic heterocycles. The van der Waals surface area contributed by atoms with Gasteiger partial charge in [-0.1, -0.05) is 51.3 Å². The summed E-state index contributed by atoms with van der Waals surface area (Å²) in [7, 11) is -3.89. The minimum absolute atomic E-state index is 0.0580. The molecule has 0 spiro atoms. The number of fused-ring (bicyclic) bond motifs is 1. The molecule has 0 bridgehead atoms. The average Bonchev–Trinajstić information content (AvgIpc) is 2.71. The summed E-state index contributed by atoms with van der Waals surface area (Å²) in [5.74, 6) is 0.287. The molecule has 0 unspecified atom stereocenters. The second kappa shape index (κ2) is 8.39. The highest BCUT2D eigenvalue weighted by molar-refractivity contribution is 9.10. The van der Waals surface area contributed by atoms with Gasteiger partial charge in [0.05, 0.1) is 26.0 Å². The zero-order valence-corrected chi connectivity index (χ0v) is 19.0. The molecule has 4 rings (SSSR count). The molecular weight excluding hydrogens is 511 g/mol. The fourth-order valence-electron chi connectivity index (χ4n) is 2.67. The molecule has 1 heterocycles. The van der Waals surface area contributed by atoms with Gasteiger partial charge < -0.3 is 5.32 Å². The van der Waals surface area contributed by atoms with Crippen molar-refractivity contribution in [1.82, 2.24) is 9.97 Å². The average molecular weight is 524 g/mol. The van der Waals surface area contributed by atoms with E-state index in [9.17, 15) is 8.42 Å². The summed E-state index contributed by atoms with van der Waals surface area (Å²) in [5, 5.41) is 3.82. The summed E-state index contributed by atoms with van der Waals surface area (Å²) in [6.45, 7) is 0. The van der Waals surface area contributed by atoms with Crippen LogP contribution in [-0.4, -0.2) is 18.4 Å². The van der Waals surface area contributed by atoms with Crippen molar-refractivity contribution in [3.8, 4) is 0 Å². The van der Waals surface area contributed by atoms with Crippen LogP contribution in [0.2, 0.25) is 10.0 Å². The molecule has 152 valence electrons. The number of para-hydroxylation sites is 2. The number of halogens is 3. The number of aromatic nitrogens is 2. The highest BCUT2D eigenvalue weighted by Gasteiger charge is 2.19. The Bertz CT molecular complexity index is 1350. The molecule has 0 aliphatic carbocycles. The Balaban J connectivity index is 1.78. The van der Waals surface area contributed by atoms with Gasteiger partial charge in [-0.3, -0.25) is 4.72 Å². The number of nitrogens with zero attached hydrogens (tertiary/aromatic N) is 2. The molecule has 0 saturated carbocycles. The molecule has 0 amide bonds. The van der Waals surface area contributed by atoms with Crippen LogP contribution in [0.5, 0.6) is 0 Å². The zero-order valence-electron chi connectivity index (χ0n) is 15.1. The molecule has 0 saturated heterocycles. The van der Waals surface area contributed by atoms with Crippen LogP contribution in [0.1, 0.15) is 0 Å². The third kappa shape index (κ3) is 4.52. The molecule has 3 aromatic carbocycles. The van der Waals surface area contributed by atoms with E-state index in [1.165, 1.54) is 12.1 Å². The van der Waals surface area contributed by atoms with Crippen molar-refractivity contribution in [2.75, 3.05) is 10.0 Å². The molecule has 2 N–H and O–H groups in total. The largest absolute Gasteiger partial charge is 0.337 e. The topological polar surface area (TPSA) is 84.0 Å². The fourth-order valence-corrected chi connectivity index (χ4v) is 4.24. The second-order valence-corrected chi connectivity index (χ2v) is 9.64.